The number of nitrogens with one attached hydrogen (secondary N) is 8. The number of H-pyrrole nitrogens is 2. The molecule has 4 heterocycles. The van der Waals surface area contributed by atoms with Crippen molar-refractivity contribution in [1.29, 1.82) is 0 Å². The fraction of sp³-hybridized carbons (Fsp3) is 0.469. The van der Waals surface area contributed by atoms with Gasteiger partial charge in [0, 0.05) is 72.1 Å². The number of carbonyl (C=O) groups excluding carboxylic acids is 8. The number of anilines is 2. The van der Waals surface area contributed by atoms with Gasteiger partial charge in [0.15, 0.2) is 0 Å². The minimum Gasteiger partial charge on any atom is -0.444 e. The molecule has 24 heteroatoms. The molecule has 0 saturated heterocycles. The maximum absolute atomic E-state index is 14.6. The standard InChI is InChI=1S/C64H78F2N10O12/c1-37(69-59(85)87-61(3,4)5)53(79)71-45(57(83)75-35-63(9,10)51-47(75)33-41(55(81)73-51)31-39-17-21-43(65)22-18-39)25-27-49(77)67-29-15-13-14-16-30-68-50(78)28-26-46(72-54(80)38(2)70-60(86)88-62(6,7)8)58(84)76-36-64(11,12)52-48(76)34-42(56(82)74-52)32-40-19-23-44(66)24-20-40/h17-24,33-34,37-38,45-46H,25-32,35-36H2,1-12H3,(H,67,77)(H,68,78)(H,69,85)(H,70,86)(H,71,79)(H,72,80)(H,73,81)(H,74,82)/t37-,38-,45-,46-/m0/s1. The van der Waals surface area contributed by atoms with E-state index in [9.17, 15) is 56.7 Å². The molecule has 0 bridgehead atoms. The summed E-state index contributed by atoms with van der Waals surface area (Å²) in [4.78, 5) is 143. The van der Waals surface area contributed by atoms with Gasteiger partial charge in [0.25, 0.3) is 11.1 Å². The molecule has 0 aliphatic carbocycles. The zero-order chi connectivity index (χ0) is 65.1. The lowest BCUT2D eigenvalue weighted by Gasteiger charge is -2.27. The lowest BCUT2D eigenvalue weighted by molar-refractivity contribution is -0.129. The Morgan fingerprint density at radius 2 is 0.909 bits per heavy atom. The van der Waals surface area contributed by atoms with Gasteiger partial charge in [-0.3, -0.25) is 38.4 Å². The third kappa shape index (κ3) is 19.1. The quantitative estimate of drug-likeness (QED) is 0.0539. The minimum absolute atomic E-state index is 0.100. The first kappa shape index (κ1) is 67.8. The number of aromatic amines is 2. The lowest BCUT2D eigenvalue weighted by atomic mass is 9.91. The Balaban J connectivity index is 1.08. The molecule has 2 aromatic carbocycles. The van der Waals surface area contributed by atoms with Crippen molar-refractivity contribution in [3.05, 3.63) is 127 Å². The number of benzene rings is 2. The summed E-state index contributed by atoms with van der Waals surface area (Å²) in [5.74, 6) is 5.94. The van der Waals surface area contributed by atoms with E-state index in [1.807, 2.05) is 27.7 Å². The molecule has 0 spiro atoms. The summed E-state index contributed by atoms with van der Waals surface area (Å²) in [7, 11) is 0. The van der Waals surface area contributed by atoms with E-state index >= 15 is 0 Å². The Kier molecular flexibility index (Phi) is 21.9. The zero-order valence-electron chi connectivity index (χ0n) is 51.7. The van der Waals surface area contributed by atoms with Crippen LogP contribution >= 0.6 is 0 Å². The number of halogens is 2. The van der Waals surface area contributed by atoms with Crippen molar-refractivity contribution in [2.45, 2.75) is 168 Å². The highest BCUT2D eigenvalue weighted by Gasteiger charge is 2.44. The number of pyridine rings is 2. The van der Waals surface area contributed by atoms with Gasteiger partial charge >= 0.3 is 12.2 Å². The van der Waals surface area contributed by atoms with Crippen LogP contribution in [-0.4, -0.2) is 119 Å². The van der Waals surface area contributed by atoms with E-state index in [0.29, 0.717) is 45.0 Å². The van der Waals surface area contributed by atoms with Crippen LogP contribution in [0.1, 0.15) is 142 Å². The first-order valence-corrected chi connectivity index (χ1v) is 28.8. The van der Waals surface area contributed by atoms with Crippen LogP contribution in [0.3, 0.4) is 0 Å². The highest BCUT2D eigenvalue weighted by atomic mass is 19.1. The van der Waals surface area contributed by atoms with Gasteiger partial charge in [-0.05, 0) is 128 Å². The van der Waals surface area contributed by atoms with E-state index in [-0.39, 0.29) is 75.8 Å². The second-order valence-corrected chi connectivity index (χ2v) is 25.1. The molecule has 8 N–H and O–H groups in total. The van der Waals surface area contributed by atoms with E-state index in [1.165, 1.54) is 47.9 Å². The van der Waals surface area contributed by atoms with Crippen LogP contribution in [0.2, 0.25) is 0 Å². The number of amides is 8. The molecule has 470 valence electrons. The Labute approximate surface area is 509 Å². The number of hydrogen-bond acceptors (Lipinski definition) is 12. The van der Waals surface area contributed by atoms with Gasteiger partial charge in [-0.1, -0.05) is 63.8 Å². The van der Waals surface area contributed by atoms with Crippen LogP contribution in [0, 0.1) is 35.3 Å². The zero-order valence-corrected chi connectivity index (χ0v) is 51.7. The van der Waals surface area contributed by atoms with Gasteiger partial charge in [-0.2, -0.15) is 0 Å². The van der Waals surface area contributed by atoms with Gasteiger partial charge in [-0.25, -0.2) is 18.4 Å². The molecule has 22 nitrogen and oxygen atoms in total. The summed E-state index contributed by atoms with van der Waals surface area (Å²) in [6.45, 7) is 20.0. The van der Waals surface area contributed by atoms with Gasteiger partial charge in [0.05, 0.1) is 24.5 Å². The average molecular weight is 1220 g/mol. The first-order valence-electron chi connectivity index (χ1n) is 28.8. The molecule has 0 fully saturated rings. The van der Waals surface area contributed by atoms with Crippen molar-refractivity contribution in [3.8, 4) is 23.7 Å². The topological polar surface area (TPSA) is 299 Å². The third-order valence-corrected chi connectivity index (χ3v) is 14.2. The summed E-state index contributed by atoms with van der Waals surface area (Å²) < 4.78 is 38.0. The van der Waals surface area contributed by atoms with E-state index in [2.05, 4.69) is 65.6 Å². The molecule has 2 aromatic heterocycles. The van der Waals surface area contributed by atoms with Crippen LogP contribution in [0.4, 0.5) is 29.7 Å². The van der Waals surface area contributed by atoms with Crippen molar-refractivity contribution in [3.63, 3.8) is 0 Å². The number of hydrogen-bond donors (Lipinski definition) is 8. The predicted molar refractivity (Wildman–Crippen MR) is 325 cm³/mol. The molecule has 4 aromatic rings. The van der Waals surface area contributed by atoms with Crippen LogP contribution < -0.4 is 52.8 Å². The third-order valence-electron chi connectivity index (χ3n) is 14.2. The Bertz CT molecular complexity index is 3330. The molecule has 8 amide bonds. The molecule has 0 radical (unpaired) electrons. The number of rotatable bonds is 20. The normalized spacial score (nSPS) is 15.0. The van der Waals surface area contributed by atoms with Crippen molar-refractivity contribution in [2.24, 2.45) is 0 Å². The maximum Gasteiger partial charge on any atom is 0.408 e. The lowest BCUT2D eigenvalue weighted by Crippen LogP contribution is -2.54. The Hall–Kier alpha value is -9.32. The second kappa shape index (κ2) is 28.5. The summed E-state index contributed by atoms with van der Waals surface area (Å²) >= 11 is 0. The molecule has 0 unspecified atom stereocenters. The fourth-order valence-electron chi connectivity index (χ4n) is 9.77. The average Bonchev–Trinajstić information content (AvgIpc) is 1.87. The second-order valence-electron chi connectivity index (χ2n) is 25.1. The molecular weight excluding hydrogens is 1140 g/mol. The van der Waals surface area contributed by atoms with Crippen molar-refractivity contribution in [2.75, 3.05) is 36.0 Å². The number of fused-ring (bicyclic) bond motifs is 2. The van der Waals surface area contributed by atoms with E-state index < -0.39 is 105 Å². The number of nitrogens with zero attached hydrogens (tertiary/aromatic N) is 2. The monoisotopic (exact) mass is 1220 g/mol. The van der Waals surface area contributed by atoms with Crippen LogP contribution in [-0.2, 0) is 61.9 Å². The largest absolute Gasteiger partial charge is 0.444 e. The van der Waals surface area contributed by atoms with Gasteiger partial charge in [-0.15, -0.1) is 0 Å². The molecule has 4 atom stereocenters. The Morgan fingerprint density at radius 1 is 0.568 bits per heavy atom. The van der Waals surface area contributed by atoms with E-state index in [4.69, 9.17) is 9.47 Å². The van der Waals surface area contributed by atoms with E-state index in [0.717, 1.165) is 0 Å². The number of aromatic nitrogens is 2. The molecule has 2 aliphatic heterocycles. The van der Waals surface area contributed by atoms with Crippen LogP contribution in [0.5, 0.6) is 0 Å². The first-order chi connectivity index (χ1) is 41.1. The van der Waals surface area contributed by atoms with Crippen LogP contribution in [0.15, 0.2) is 70.3 Å². The maximum atomic E-state index is 14.6. The Morgan fingerprint density at radius 3 is 1.24 bits per heavy atom. The van der Waals surface area contributed by atoms with E-state index in [1.54, 1.807) is 77.9 Å². The highest BCUT2D eigenvalue weighted by Crippen LogP contribution is 2.41. The molecule has 0 saturated carbocycles. The summed E-state index contributed by atoms with van der Waals surface area (Å²) in [6.07, 6.45) is -2.39. The summed E-state index contributed by atoms with van der Waals surface area (Å²) in [5.41, 5.74) is -0.319. The highest BCUT2D eigenvalue weighted by molar-refractivity contribution is 6.03. The molecular formula is C64H78F2N10O12. The summed E-state index contributed by atoms with van der Waals surface area (Å²) in [6, 6.07) is 9.57. The predicted octanol–water partition coefficient (Wildman–Crippen LogP) is 5.07. The van der Waals surface area contributed by atoms with Crippen LogP contribution in [0.25, 0.3) is 0 Å². The van der Waals surface area contributed by atoms with Gasteiger partial charge in [0.2, 0.25) is 35.4 Å². The SMILES string of the molecule is C[C@H](NC(=O)OC(C)(C)C)C(=O)N[C@@H](CCC(=O)NCC#CC#CCNC(=O)CC[C@H](NC(=O)[C@H](C)NC(=O)OC(C)(C)C)C(=O)N1CC(C)(C)c2[nH]c(=O)c(Cc3ccc(F)cc3)cc21)C(=O)N1CC(C)(C)c2[nH]c(=O)c(Cc3ccc(F)cc3)cc21. The van der Waals surface area contributed by atoms with Gasteiger partial charge in [0.1, 0.15) is 47.0 Å². The fourth-order valence-corrected chi connectivity index (χ4v) is 9.77. The summed E-state index contributed by atoms with van der Waals surface area (Å²) in [5, 5.41) is 15.5. The smallest absolute Gasteiger partial charge is 0.408 e. The number of carbonyl (C=O) groups is 8. The number of alkyl carbamates (subject to hydrolysis) is 2. The van der Waals surface area contributed by atoms with Crippen molar-refractivity contribution in [1.82, 2.24) is 41.9 Å². The minimum atomic E-state index is -1.30. The number of ether oxygens (including phenoxy) is 2. The van der Waals surface area contributed by atoms with Gasteiger partial charge < -0.3 is 61.1 Å². The molecule has 2 aliphatic rings. The van der Waals surface area contributed by atoms with Crippen molar-refractivity contribution < 1.29 is 56.6 Å². The molecule has 6 rings (SSSR count). The molecule has 88 heavy (non-hydrogen) atoms. The van der Waals surface area contributed by atoms with Crippen molar-refractivity contribution >= 4 is 59.0 Å².